The number of benzene rings is 1. The van der Waals surface area contributed by atoms with Crippen LogP contribution in [0.25, 0.3) is 11.4 Å². The van der Waals surface area contributed by atoms with Crippen LogP contribution < -0.4 is 10.6 Å². The van der Waals surface area contributed by atoms with E-state index in [1.165, 1.54) is 19.2 Å². The highest BCUT2D eigenvalue weighted by molar-refractivity contribution is 5.91. The van der Waals surface area contributed by atoms with E-state index in [1.54, 1.807) is 0 Å². The maximum absolute atomic E-state index is 12.1. The summed E-state index contributed by atoms with van der Waals surface area (Å²) in [7, 11) is 0. The second-order valence-corrected chi connectivity index (χ2v) is 5.70. The van der Waals surface area contributed by atoms with Gasteiger partial charge in [-0.15, -0.1) is 0 Å². The molecule has 1 amide bonds. The zero-order valence-corrected chi connectivity index (χ0v) is 12.5. The van der Waals surface area contributed by atoms with Gasteiger partial charge in [0, 0.05) is 17.7 Å². The lowest BCUT2D eigenvalue weighted by Crippen LogP contribution is -2.28. The average molecular weight is 299 g/mol. The van der Waals surface area contributed by atoms with Crippen LogP contribution in [0.5, 0.6) is 0 Å². The Kier molecular flexibility index (Phi) is 4.80. The lowest BCUT2D eigenvalue weighted by molar-refractivity contribution is -0.116. The van der Waals surface area contributed by atoms with Crippen molar-refractivity contribution in [2.45, 2.75) is 25.7 Å². The number of amides is 1. The smallest absolute Gasteiger partial charge is 0.224 e. The van der Waals surface area contributed by atoms with Gasteiger partial charge in [-0.05, 0) is 50.4 Å². The molecule has 0 aliphatic carbocycles. The van der Waals surface area contributed by atoms with Crippen molar-refractivity contribution in [1.82, 2.24) is 20.5 Å². The van der Waals surface area contributed by atoms with E-state index >= 15 is 0 Å². The van der Waals surface area contributed by atoms with Crippen LogP contribution in [0.4, 0.5) is 5.69 Å². The molecule has 1 aromatic heterocycles. The summed E-state index contributed by atoms with van der Waals surface area (Å²) in [5.41, 5.74) is 1.71. The molecule has 0 bridgehead atoms. The summed E-state index contributed by atoms with van der Waals surface area (Å²) in [6, 6.07) is 7.64. The third kappa shape index (κ3) is 3.92. The number of aromatic amines is 1. The molecule has 2 heterocycles. The van der Waals surface area contributed by atoms with Crippen molar-refractivity contribution >= 4 is 11.6 Å². The van der Waals surface area contributed by atoms with Gasteiger partial charge in [-0.2, -0.15) is 5.10 Å². The lowest BCUT2D eigenvalue weighted by Gasteiger charge is -2.22. The van der Waals surface area contributed by atoms with Crippen molar-refractivity contribution in [2.24, 2.45) is 5.92 Å². The normalized spacial score (nSPS) is 15.6. The average Bonchev–Trinajstić information content (AvgIpc) is 3.09. The second-order valence-electron chi connectivity index (χ2n) is 5.70. The molecule has 3 rings (SSSR count). The molecule has 116 valence electrons. The molecule has 0 radical (unpaired) electrons. The second kappa shape index (κ2) is 7.17. The van der Waals surface area contributed by atoms with Gasteiger partial charge in [-0.3, -0.25) is 9.89 Å². The van der Waals surface area contributed by atoms with E-state index in [-0.39, 0.29) is 5.91 Å². The van der Waals surface area contributed by atoms with Gasteiger partial charge < -0.3 is 10.6 Å². The molecule has 2 aromatic rings. The molecule has 0 unspecified atom stereocenters. The van der Waals surface area contributed by atoms with Crippen molar-refractivity contribution in [3.8, 4) is 11.4 Å². The number of H-pyrrole nitrogens is 1. The summed E-state index contributed by atoms with van der Waals surface area (Å²) in [5, 5.41) is 13.0. The Morgan fingerprint density at radius 2 is 2.18 bits per heavy atom. The fraction of sp³-hybridized carbons (Fsp3) is 0.438. The van der Waals surface area contributed by atoms with Crippen LogP contribution in [0.15, 0.2) is 30.6 Å². The van der Waals surface area contributed by atoms with E-state index in [4.69, 9.17) is 0 Å². The number of piperidine rings is 1. The maximum atomic E-state index is 12.1. The molecule has 1 aliphatic heterocycles. The first-order valence-corrected chi connectivity index (χ1v) is 7.77. The summed E-state index contributed by atoms with van der Waals surface area (Å²) in [5.74, 6) is 1.45. The molecule has 1 fully saturated rings. The third-order valence-corrected chi connectivity index (χ3v) is 4.07. The molecule has 3 N–H and O–H groups in total. The Bertz CT molecular complexity index is 605. The van der Waals surface area contributed by atoms with Crippen LogP contribution in [0.2, 0.25) is 0 Å². The molecule has 1 saturated heterocycles. The first-order valence-electron chi connectivity index (χ1n) is 7.77. The van der Waals surface area contributed by atoms with Gasteiger partial charge in [0.15, 0.2) is 5.82 Å². The number of aromatic nitrogens is 3. The first kappa shape index (κ1) is 14.7. The van der Waals surface area contributed by atoms with E-state index in [9.17, 15) is 4.79 Å². The van der Waals surface area contributed by atoms with Gasteiger partial charge in [0.25, 0.3) is 0 Å². The molecular weight excluding hydrogens is 278 g/mol. The highest BCUT2D eigenvalue weighted by Crippen LogP contribution is 2.20. The van der Waals surface area contributed by atoms with E-state index in [0.29, 0.717) is 18.2 Å². The number of rotatable bonds is 5. The van der Waals surface area contributed by atoms with Crippen molar-refractivity contribution in [3.63, 3.8) is 0 Å². The molecule has 6 nitrogen and oxygen atoms in total. The van der Waals surface area contributed by atoms with Crippen molar-refractivity contribution in [3.05, 3.63) is 30.6 Å². The Labute approximate surface area is 129 Å². The highest BCUT2D eigenvalue weighted by Gasteiger charge is 2.14. The van der Waals surface area contributed by atoms with Crippen molar-refractivity contribution in [2.75, 3.05) is 18.4 Å². The first-order chi connectivity index (χ1) is 10.8. The Balaban J connectivity index is 1.54. The van der Waals surface area contributed by atoms with E-state index in [1.807, 2.05) is 24.3 Å². The van der Waals surface area contributed by atoms with Gasteiger partial charge in [-0.1, -0.05) is 12.1 Å². The molecule has 1 aliphatic rings. The van der Waals surface area contributed by atoms with E-state index < -0.39 is 0 Å². The zero-order chi connectivity index (χ0) is 15.2. The summed E-state index contributed by atoms with van der Waals surface area (Å²) in [6.45, 7) is 2.15. The summed E-state index contributed by atoms with van der Waals surface area (Å²) >= 11 is 0. The minimum absolute atomic E-state index is 0.0771. The summed E-state index contributed by atoms with van der Waals surface area (Å²) in [6.07, 6.45) is 5.37. The van der Waals surface area contributed by atoms with Crippen LogP contribution in [-0.4, -0.2) is 34.2 Å². The Morgan fingerprint density at radius 1 is 1.32 bits per heavy atom. The maximum Gasteiger partial charge on any atom is 0.224 e. The monoisotopic (exact) mass is 299 g/mol. The fourth-order valence-corrected chi connectivity index (χ4v) is 2.82. The van der Waals surface area contributed by atoms with Gasteiger partial charge in [0.05, 0.1) is 0 Å². The minimum atomic E-state index is 0.0771. The number of nitrogens with one attached hydrogen (secondary N) is 3. The van der Waals surface area contributed by atoms with Gasteiger partial charge in [0.2, 0.25) is 5.91 Å². The van der Waals surface area contributed by atoms with Crippen LogP contribution in [0, 0.1) is 5.92 Å². The summed E-state index contributed by atoms with van der Waals surface area (Å²) < 4.78 is 0. The van der Waals surface area contributed by atoms with E-state index in [2.05, 4.69) is 25.8 Å². The number of anilines is 1. The topological polar surface area (TPSA) is 82.7 Å². The molecule has 0 saturated carbocycles. The molecule has 6 heteroatoms. The molecule has 22 heavy (non-hydrogen) atoms. The standard InChI is InChI=1S/C16H21N5O/c22-15(5-4-12-6-8-17-9-7-12)20-14-3-1-2-13(10-14)16-18-11-19-21-16/h1-3,10-12,17H,4-9H2,(H,20,22)(H,18,19,21). The Hall–Kier alpha value is -2.21. The number of nitrogens with zero attached hydrogens (tertiary/aromatic N) is 2. The number of hydrogen-bond donors (Lipinski definition) is 3. The molecule has 0 atom stereocenters. The fourth-order valence-electron chi connectivity index (χ4n) is 2.82. The van der Waals surface area contributed by atoms with Gasteiger partial charge in [0.1, 0.15) is 6.33 Å². The third-order valence-electron chi connectivity index (χ3n) is 4.07. The quantitative estimate of drug-likeness (QED) is 0.790. The highest BCUT2D eigenvalue weighted by atomic mass is 16.1. The predicted octanol–water partition coefficient (Wildman–Crippen LogP) is 2.19. The molecule has 1 aromatic carbocycles. The molecular formula is C16H21N5O. The van der Waals surface area contributed by atoms with Crippen molar-refractivity contribution < 1.29 is 4.79 Å². The minimum Gasteiger partial charge on any atom is -0.326 e. The SMILES string of the molecule is O=C(CCC1CCNCC1)Nc1cccc(-c2ncn[nH]2)c1. The van der Waals surface area contributed by atoms with Crippen molar-refractivity contribution in [1.29, 1.82) is 0 Å². The van der Waals surface area contributed by atoms with Crippen LogP contribution in [0.1, 0.15) is 25.7 Å². The van der Waals surface area contributed by atoms with Crippen LogP contribution in [0.3, 0.4) is 0 Å². The lowest BCUT2D eigenvalue weighted by atomic mass is 9.93. The number of carbonyl (C=O) groups excluding carboxylic acids is 1. The van der Waals surface area contributed by atoms with Gasteiger partial charge >= 0.3 is 0 Å². The summed E-state index contributed by atoms with van der Waals surface area (Å²) in [4.78, 5) is 16.2. The number of carbonyl (C=O) groups is 1. The van der Waals surface area contributed by atoms with Crippen LogP contribution in [-0.2, 0) is 4.79 Å². The zero-order valence-electron chi connectivity index (χ0n) is 12.5. The largest absolute Gasteiger partial charge is 0.326 e. The number of hydrogen-bond acceptors (Lipinski definition) is 4. The van der Waals surface area contributed by atoms with Gasteiger partial charge in [-0.25, -0.2) is 4.98 Å². The molecule has 0 spiro atoms. The Morgan fingerprint density at radius 3 is 2.95 bits per heavy atom. The predicted molar refractivity (Wildman–Crippen MR) is 85.3 cm³/mol. The van der Waals surface area contributed by atoms with E-state index in [0.717, 1.165) is 30.8 Å². The van der Waals surface area contributed by atoms with Crippen LogP contribution >= 0.6 is 0 Å².